The zero-order valence-electron chi connectivity index (χ0n) is 21.3. The van der Waals surface area contributed by atoms with E-state index in [9.17, 15) is 31.1 Å². The van der Waals surface area contributed by atoms with E-state index in [4.69, 9.17) is 46.2 Å². The fraction of sp³-hybridized carbons (Fsp3) is 0.783. The Morgan fingerprint density at radius 1 is 0.795 bits per heavy atom. The van der Waals surface area contributed by atoms with Crippen molar-refractivity contribution in [1.82, 2.24) is 5.32 Å². The van der Waals surface area contributed by atoms with Gasteiger partial charge in [-0.15, -0.1) is 12.3 Å². The third-order valence-electron chi connectivity index (χ3n) is 4.82. The molecular weight excluding hydrogens is 546 g/mol. The van der Waals surface area contributed by atoms with E-state index in [1.54, 1.807) is 0 Å². The summed E-state index contributed by atoms with van der Waals surface area (Å²) >= 11 is 0. The minimum absolute atomic E-state index is 0.131. The molecule has 228 valence electrons. The van der Waals surface area contributed by atoms with Crippen LogP contribution in [-0.4, -0.2) is 93.1 Å². The highest BCUT2D eigenvalue weighted by Crippen LogP contribution is 2.28. The van der Waals surface area contributed by atoms with Gasteiger partial charge in [0.05, 0.1) is 26.4 Å². The summed E-state index contributed by atoms with van der Waals surface area (Å²) in [6.45, 7) is 4.92. The fourth-order valence-corrected chi connectivity index (χ4v) is 2.78. The van der Waals surface area contributed by atoms with Crippen molar-refractivity contribution in [1.29, 1.82) is 0 Å². The van der Waals surface area contributed by atoms with E-state index >= 15 is 0 Å². The van der Waals surface area contributed by atoms with E-state index in [2.05, 4.69) is 11.2 Å². The van der Waals surface area contributed by atoms with Gasteiger partial charge < -0.3 is 35.5 Å². The van der Waals surface area contributed by atoms with Gasteiger partial charge in [0.15, 0.2) is 0 Å². The molecule has 10 nitrogen and oxygen atoms in total. The van der Waals surface area contributed by atoms with Crippen LogP contribution in [-0.2, 0) is 28.6 Å². The first-order valence-electron chi connectivity index (χ1n) is 11.9. The maximum Gasteiger partial charge on any atom is 0.490 e. The van der Waals surface area contributed by atoms with Gasteiger partial charge in [0.2, 0.25) is 5.91 Å². The number of carbonyl (C=O) groups excluding carboxylic acids is 1. The first-order valence-corrected chi connectivity index (χ1v) is 11.9. The van der Waals surface area contributed by atoms with Gasteiger partial charge in [-0.25, -0.2) is 9.59 Å². The van der Waals surface area contributed by atoms with Crippen molar-refractivity contribution in [2.45, 2.75) is 50.9 Å². The van der Waals surface area contributed by atoms with Crippen LogP contribution in [0.5, 0.6) is 0 Å². The molecule has 1 aliphatic carbocycles. The number of halogens is 6. The van der Waals surface area contributed by atoms with Crippen LogP contribution in [0.25, 0.3) is 0 Å². The molecule has 0 aromatic rings. The monoisotopic (exact) mass is 582 g/mol. The van der Waals surface area contributed by atoms with Crippen LogP contribution in [0.1, 0.15) is 38.5 Å². The molecule has 1 amide bonds. The molecule has 5 N–H and O–H groups in total. The number of aliphatic carboxylic acids is 2. The third kappa shape index (κ3) is 24.2. The van der Waals surface area contributed by atoms with Gasteiger partial charge in [-0.05, 0) is 45.1 Å². The first-order chi connectivity index (χ1) is 18.2. The molecule has 16 heteroatoms. The van der Waals surface area contributed by atoms with Crippen LogP contribution in [0, 0.1) is 24.2 Å². The van der Waals surface area contributed by atoms with Gasteiger partial charge in [0.25, 0.3) is 0 Å². The second-order valence-electron chi connectivity index (χ2n) is 7.94. The summed E-state index contributed by atoms with van der Waals surface area (Å²) in [4.78, 5) is 29.8. The van der Waals surface area contributed by atoms with E-state index in [-0.39, 0.29) is 11.8 Å². The fourth-order valence-electron chi connectivity index (χ4n) is 2.78. The highest BCUT2D eigenvalue weighted by molar-refractivity contribution is 5.78. The van der Waals surface area contributed by atoms with Crippen LogP contribution < -0.4 is 11.1 Å². The number of carbonyl (C=O) groups is 3. The van der Waals surface area contributed by atoms with Crippen molar-refractivity contribution in [3.8, 4) is 12.3 Å². The Bertz CT molecular complexity index is 697. The number of ether oxygens (including phenoxy) is 3. The summed E-state index contributed by atoms with van der Waals surface area (Å²) in [5.74, 6) is -2.08. The van der Waals surface area contributed by atoms with E-state index < -0.39 is 24.3 Å². The summed E-state index contributed by atoms with van der Waals surface area (Å²) in [6.07, 6.45) is 0.708. The summed E-state index contributed by atoms with van der Waals surface area (Å²) in [6, 6.07) is 0. The van der Waals surface area contributed by atoms with Crippen LogP contribution in [0.15, 0.2) is 0 Å². The molecule has 0 heterocycles. The van der Waals surface area contributed by atoms with Crippen molar-refractivity contribution in [2.24, 2.45) is 17.6 Å². The lowest BCUT2D eigenvalue weighted by molar-refractivity contribution is -0.193. The zero-order valence-corrected chi connectivity index (χ0v) is 21.3. The Labute approximate surface area is 222 Å². The lowest BCUT2D eigenvalue weighted by Gasteiger charge is -2.24. The molecule has 0 spiro atoms. The van der Waals surface area contributed by atoms with Gasteiger partial charge >= 0.3 is 24.3 Å². The minimum atomic E-state index is -5.08. The summed E-state index contributed by atoms with van der Waals surface area (Å²) < 4.78 is 79.7. The number of carboxylic acid groups (broad SMARTS) is 2. The molecule has 0 radical (unpaired) electrons. The van der Waals surface area contributed by atoms with Crippen molar-refractivity contribution >= 4 is 17.8 Å². The van der Waals surface area contributed by atoms with Crippen LogP contribution in [0.4, 0.5) is 26.3 Å². The minimum Gasteiger partial charge on any atom is -0.475 e. The smallest absolute Gasteiger partial charge is 0.475 e. The normalized spacial score (nSPS) is 17.0. The van der Waals surface area contributed by atoms with E-state index in [0.29, 0.717) is 58.6 Å². The number of hydrogen-bond donors (Lipinski definition) is 4. The maximum absolute atomic E-state index is 12.1. The number of rotatable bonds is 14. The molecule has 0 aromatic carbocycles. The lowest BCUT2D eigenvalue weighted by atomic mass is 9.82. The third-order valence-corrected chi connectivity index (χ3v) is 4.82. The molecular formula is C23H36F6N2O8. The Balaban J connectivity index is 0. The average molecular weight is 583 g/mol. The number of hydrogen-bond acceptors (Lipinski definition) is 7. The topological polar surface area (TPSA) is 157 Å². The summed E-state index contributed by atoms with van der Waals surface area (Å²) in [5, 5.41) is 17.2. The number of amides is 1. The molecule has 1 aliphatic rings. The molecule has 0 aliphatic heterocycles. The van der Waals surface area contributed by atoms with E-state index in [1.807, 2.05) is 0 Å². The lowest BCUT2D eigenvalue weighted by Crippen LogP contribution is -2.34. The Morgan fingerprint density at radius 2 is 1.18 bits per heavy atom. The zero-order chi connectivity index (χ0) is 30.3. The average Bonchev–Trinajstić information content (AvgIpc) is 2.86. The number of nitrogens with one attached hydrogen (secondary N) is 1. The van der Waals surface area contributed by atoms with E-state index in [1.165, 1.54) is 0 Å². The molecule has 0 atom stereocenters. The second-order valence-corrected chi connectivity index (χ2v) is 7.94. The molecule has 39 heavy (non-hydrogen) atoms. The SMILES string of the molecule is C#CC1CCC(C(=O)NCCCOCCOCCOCCCN)CC1.O=C(O)C(F)(F)F.O=C(O)C(F)(F)F. The molecule has 1 rings (SSSR count). The van der Waals surface area contributed by atoms with Gasteiger partial charge in [0, 0.05) is 31.6 Å². The summed E-state index contributed by atoms with van der Waals surface area (Å²) in [5.41, 5.74) is 5.37. The Hall–Kier alpha value is -2.61. The van der Waals surface area contributed by atoms with Crippen LogP contribution >= 0.6 is 0 Å². The molecule has 1 saturated carbocycles. The predicted molar refractivity (Wildman–Crippen MR) is 125 cm³/mol. The van der Waals surface area contributed by atoms with Crippen molar-refractivity contribution in [3.63, 3.8) is 0 Å². The molecule has 0 saturated heterocycles. The number of terminal acetylenes is 1. The number of alkyl halides is 6. The van der Waals surface area contributed by atoms with E-state index in [0.717, 1.165) is 38.5 Å². The standard InChI is InChI=1S/C19H34N2O4.2C2HF3O2/c1-2-17-5-7-18(8-6-17)19(22)21-10-4-12-24-14-16-25-15-13-23-11-3-9-20;2*3-2(4,5)1(6)7/h1,17-18H,3-16,20H2,(H,21,22);2*(H,6,7). The molecule has 0 aromatic heterocycles. The van der Waals surface area contributed by atoms with Crippen molar-refractivity contribution < 1.29 is 65.1 Å². The molecule has 0 unspecified atom stereocenters. The molecule has 0 bridgehead atoms. The number of nitrogens with two attached hydrogens (primary N) is 1. The Kier molecular flexibility index (Phi) is 22.0. The number of carboxylic acids is 2. The van der Waals surface area contributed by atoms with Gasteiger partial charge in [-0.1, -0.05) is 0 Å². The maximum atomic E-state index is 12.1. The van der Waals surface area contributed by atoms with Gasteiger partial charge in [0.1, 0.15) is 0 Å². The first kappa shape index (κ1) is 38.5. The quantitative estimate of drug-likeness (QED) is 0.137. The predicted octanol–water partition coefficient (Wildman–Crippen LogP) is 2.60. The molecule has 1 fully saturated rings. The highest BCUT2D eigenvalue weighted by atomic mass is 19.4. The van der Waals surface area contributed by atoms with Crippen LogP contribution in [0.3, 0.4) is 0 Å². The summed E-state index contributed by atoms with van der Waals surface area (Å²) in [7, 11) is 0. The van der Waals surface area contributed by atoms with Crippen molar-refractivity contribution in [3.05, 3.63) is 0 Å². The van der Waals surface area contributed by atoms with Crippen LogP contribution in [0.2, 0.25) is 0 Å². The Morgan fingerprint density at radius 3 is 1.54 bits per heavy atom. The van der Waals surface area contributed by atoms with Crippen molar-refractivity contribution in [2.75, 3.05) is 52.7 Å². The van der Waals surface area contributed by atoms with Gasteiger partial charge in [-0.2, -0.15) is 26.3 Å². The second kappa shape index (κ2) is 22.2. The van der Waals surface area contributed by atoms with Gasteiger partial charge in [-0.3, -0.25) is 4.79 Å². The largest absolute Gasteiger partial charge is 0.490 e. The highest BCUT2D eigenvalue weighted by Gasteiger charge is 2.38.